The van der Waals surface area contributed by atoms with Gasteiger partial charge in [0.25, 0.3) is 0 Å². The van der Waals surface area contributed by atoms with Crippen molar-refractivity contribution >= 4 is 10.9 Å². The summed E-state index contributed by atoms with van der Waals surface area (Å²) in [4.78, 5) is 5.53. The number of nitrogens with one attached hydrogen (secondary N) is 1. The van der Waals surface area contributed by atoms with E-state index in [1.54, 1.807) is 7.11 Å². The molecule has 0 aliphatic carbocycles. The predicted octanol–water partition coefficient (Wildman–Crippen LogP) is 4.92. The molecule has 5 rings (SSSR count). The molecule has 0 amide bonds. The van der Waals surface area contributed by atoms with Crippen molar-refractivity contribution < 1.29 is 14.2 Å². The molecule has 0 bridgehead atoms. The van der Waals surface area contributed by atoms with E-state index in [-0.39, 0.29) is 18.2 Å². The predicted molar refractivity (Wildman–Crippen MR) is 135 cm³/mol. The van der Waals surface area contributed by atoms with Gasteiger partial charge in [-0.1, -0.05) is 66.7 Å². The normalized spacial score (nSPS) is 15.1. The van der Waals surface area contributed by atoms with Crippen LogP contribution in [-0.2, 0) is 9.47 Å². The Labute approximate surface area is 205 Å². The van der Waals surface area contributed by atoms with Crippen LogP contribution in [0.25, 0.3) is 10.9 Å². The molecule has 2 heterocycles. The Morgan fingerprint density at radius 1 is 0.943 bits per heavy atom. The number of hydrogen-bond acceptors (Lipinski definition) is 5. The molecule has 6 heteroatoms. The van der Waals surface area contributed by atoms with Gasteiger partial charge in [0, 0.05) is 25.6 Å². The van der Waals surface area contributed by atoms with Crippen LogP contribution in [0.2, 0.25) is 0 Å². The van der Waals surface area contributed by atoms with Crippen LogP contribution in [-0.4, -0.2) is 55.5 Å². The summed E-state index contributed by atoms with van der Waals surface area (Å²) in [5.41, 5.74) is 3.98. The number of rotatable bonds is 10. The van der Waals surface area contributed by atoms with Gasteiger partial charge in [-0.3, -0.25) is 4.90 Å². The molecule has 1 N–H and O–H groups in total. The topological polar surface area (TPSA) is 70.5 Å². The van der Waals surface area contributed by atoms with Crippen molar-refractivity contribution in [2.45, 2.75) is 18.2 Å². The van der Waals surface area contributed by atoms with Crippen LogP contribution >= 0.6 is 0 Å². The molecular formula is C29H29N3O3. The maximum Gasteiger partial charge on any atom is 0.128 e. The van der Waals surface area contributed by atoms with Crippen molar-refractivity contribution in [1.82, 2.24) is 9.88 Å². The van der Waals surface area contributed by atoms with Crippen molar-refractivity contribution in [3.63, 3.8) is 0 Å². The molecular weight excluding hydrogens is 438 g/mol. The second kappa shape index (κ2) is 10.7. The average molecular weight is 468 g/mol. The summed E-state index contributed by atoms with van der Waals surface area (Å²) in [6.45, 7) is 2.56. The Morgan fingerprint density at radius 3 is 2.26 bits per heavy atom. The third-order valence-corrected chi connectivity index (χ3v) is 6.49. The molecule has 0 spiro atoms. The Hall–Kier alpha value is -3.63. The molecule has 1 aromatic heterocycles. The number of ether oxygens (including phenoxy) is 3. The highest BCUT2D eigenvalue weighted by Gasteiger charge is 2.35. The van der Waals surface area contributed by atoms with Crippen LogP contribution in [0.4, 0.5) is 0 Å². The van der Waals surface area contributed by atoms with Crippen molar-refractivity contribution in [1.29, 1.82) is 5.26 Å². The van der Waals surface area contributed by atoms with Gasteiger partial charge < -0.3 is 19.2 Å². The summed E-state index contributed by atoms with van der Waals surface area (Å²) in [7, 11) is 1.68. The van der Waals surface area contributed by atoms with Crippen LogP contribution in [0.5, 0.6) is 5.75 Å². The lowest BCUT2D eigenvalue weighted by atomic mass is 9.94. The van der Waals surface area contributed by atoms with E-state index in [1.807, 2.05) is 24.3 Å². The van der Waals surface area contributed by atoms with Gasteiger partial charge >= 0.3 is 0 Å². The van der Waals surface area contributed by atoms with Gasteiger partial charge in [0.1, 0.15) is 30.2 Å². The van der Waals surface area contributed by atoms with Gasteiger partial charge in [-0.15, -0.1) is 0 Å². The summed E-state index contributed by atoms with van der Waals surface area (Å²) in [5.74, 6) is 0.727. The van der Waals surface area contributed by atoms with E-state index in [9.17, 15) is 0 Å². The first kappa shape index (κ1) is 23.1. The van der Waals surface area contributed by atoms with Gasteiger partial charge in [0.15, 0.2) is 0 Å². The van der Waals surface area contributed by atoms with E-state index in [0.29, 0.717) is 18.9 Å². The zero-order valence-electron chi connectivity index (χ0n) is 19.8. The van der Waals surface area contributed by atoms with Crippen molar-refractivity contribution in [2.75, 3.05) is 33.4 Å². The molecule has 0 radical (unpaired) electrons. The molecule has 178 valence electrons. The van der Waals surface area contributed by atoms with Gasteiger partial charge in [-0.05, 0) is 29.3 Å². The number of benzene rings is 3. The average Bonchev–Trinajstić information content (AvgIpc) is 3.32. The lowest BCUT2D eigenvalue weighted by molar-refractivity contribution is -0.101. The molecule has 1 aliphatic heterocycles. The van der Waals surface area contributed by atoms with E-state index in [0.717, 1.165) is 29.7 Å². The summed E-state index contributed by atoms with van der Waals surface area (Å²) in [5, 5.41) is 10.0. The first-order valence-corrected chi connectivity index (χ1v) is 11.9. The molecule has 4 aromatic rings. The standard InChI is InChI=1S/C29H29N3O3/c1-33-25(20-35-28-14-8-13-27-26(28)15-23(16-30)31-27)19-34-24-17-32(18-24)29(21-9-4-2-5-10-21)22-11-6-3-7-12-22/h2-15,24-25,29,31H,17-20H2,1H3. The summed E-state index contributed by atoms with van der Waals surface area (Å²) in [6, 6.07) is 31.2. The SMILES string of the molecule is COC(COc1cccc2[nH]c(C#N)cc12)COC1CN(C(c2ccccc2)c2ccccc2)C1. The second-order valence-corrected chi connectivity index (χ2v) is 8.81. The lowest BCUT2D eigenvalue weighted by Crippen LogP contribution is -2.54. The fraction of sp³-hybridized carbons (Fsp3) is 0.276. The Kier molecular flexibility index (Phi) is 7.10. The first-order valence-electron chi connectivity index (χ1n) is 11.9. The zero-order valence-corrected chi connectivity index (χ0v) is 19.8. The highest BCUT2D eigenvalue weighted by Crippen LogP contribution is 2.33. The number of methoxy groups -OCH3 is 1. The fourth-order valence-corrected chi connectivity index (χ4v) is 4.59. The summed E-state index contributed by atoms with van der Waals surface area (Å²) in [6.07, 6.45) is -0.0263. The molecule has 6 nitrogen and oxygen atoms in total. The van der Waals surface area contributed by atoms with Gasteiger partial charge in [-0.25, -0.2) is 0 Å². The third kappa shape index (κ3) is 5.23. The van der Waals surface area contributed by atoms with Crippen molar-refractivity contribution in [3.8, 4) is 11.8 Å². The molecule has 1 aliphatic rings. The summed E-state index contributed by atoms with van der Waals surface area (Å²) >= 11 is 0. The first-order chi connectivity index (χ1) is 17.2. The van der Waals surface area contributed by atoms with E-state index in [2.05, 4.69) is 76.6 Å². The number of hydrogen-bond donors (Lipinski definition) is 1. The second-order valence-electron chi connectivity index (χ2n) is 8.81. The quantitative estimate of drug-likeness (QED) is 0.358. The van der Waals surface area contributed by atoms with E-state index < -0.39 is 0 Å². The smallest absolute Gasteiger partial charge is 0.128 e. The highest BCUT2D eigenvalue weighted by atomic mass is 16.6. The minimum atomic E-state index is -0.187. The van der Waals surface area contributed by atoms with E-state index >= 15 is 0 Å². The number of H-pyrrole nitrogens is 1. The van der Waals surface area contributed by atoms with Crippen LogP contribution < -0.4 is 4.74 Å². The highest BCUT2D eigenvalue weighted by molar-refractivity contribution is 5.87. The van der Waals surface area contributed by atoms with E-state index in [4.69, 9.17) is 19.5 Å². The molecule has 1 saturated heterocycles. The monoisotopic (exact) mass is 467 g/mol. The third-order valence-electron chi connectivity index (χ3n) is 6.49. The Balaban J connectivity index is 1.16. The maximum atomic E-state index is 9.16. The van der Waals surface area contributed by atoms with Crippen molar-refractivity contribution in [3.05, 3.63) is 102 Å². The number of aromatic amines is 1. The maximum absolute atomic E-state index is 9.16. The van der Waals surface area contributed by atoms with Gasteiger partial charge in [0.05, 0.1) is 24.3 Å². The van der Waals surface area contributed by atoms with Crippen LogP contribution in [0.3, 0.4) is 0 Å². The number of nitriles is 1. The van der Waals surface area contributed by atoms with Gasteiger partial charge in [0.2, 0.25) is 0 Å². The molecule has 1 unspecified atom stereocenters. The van der Waals surface area contributed by atoms with Crippen molar-refractivity contribution in [2.24, 2.45) is 0 Å². The molecule has 0 saturated carbocycles. The minimum absolute atomic E-state index is 0.161. The number of likely N-dealkylation sites (tertiary alicyclic amines) is 1. The molecule has 3 aromatic carbocycles. The fourth-order valence-electron chi connectivity index (χ4n) is 4.59. The lowest BCUT2D eigenvalue weighted by Gasteiger charge is -2.44. The molecule has 1 fully saturated rings. The Bertz CT molecular complexity index is 1240. The zero-order chi connectivity index (χ0) is 24.0. The summed E-state index contributed by atoms with van der Waals surface area (Å²) < 4.78 is 17.8. The van der Waals surface area contributed by atoms with Crippen LogP contribution in [0, 0.1) is 11.3 Å². The minimum Gasteiger partial charge on any atom is -0.490 e. The molecule has 35 heavy (non-hydrogen) atoms. The Morgan fingerprint density at radius 2 is 1.63 bits per heavy atom. The number of nitrogens with zero attached hydrogens (tertiary/aromatic N) is 2. The van der Waals surface area contributed by atoms with Gasteiger partial charge in [-0.2, -0.15) is 5.26 Å². The number of aromatic nitrogens is 1. The molecule has 1 atom stereocenters. The van der Waals surface area contributed by atoms with E-state index in [1.165, 1.54) is 11.1 Å². The largest absolute Gasteiger partial charge is 0.490 e. The van der Waals surface area contributed by atoms with Crippen LogP contribution in [0.1, 0.15) is 22.9 Å². The number of fused-ring (bicyclic) bond motifs is 1. The van der Waals surface area contributed by atoms with Crippen LogP contribution in [0.15, 0.2) is 84.9 Å².